The predicted octanol–water partition coefficient (Wildman–Crippen LogP) is 4.23. The fourth-order valence-corrected chi connectivity index (χ4v) is 2.46. The lowest BCUT2D eigenvalue weighted by Gasteiger charge is -2.22. The van der Waals surface area contributed by atoms with Crippen molar-refractivity contribution in [3.8, 4) is 11.5 Å². The normalized spacial score (nSPS) is 10.1. The van der Waals surface area contributed by atoms with Crippen LogP contribution in [0.4, 0.5) is 4.39 Å². The highest BCUT2D eigenvalue weighted by Gasteiger charge is 2.18. The summed E-state index contributed by atoms with van der Waals surface area (Å²) in [6.45, 7) is 8.06. The van der Waals surface area contributed by atoms with Gasteiger partial charge in [-0.2, -0.15) is 0 Å². The van der Waals surface area contributed by atoms with Gasteiger partial charge in [-0.3, -0.25) is 4.79 Å². The van der Waals surface area contributed by atoms with Crippen LogP contribution in [0.25, 0.3) is 0 Å². The largest absolute Gasteiger partial charge is 0.493 e. The molecule has 0 aromatic heterocycles. The van der Waals surface area contributed by atoms with Crippen LogP contribution in [0.5, 0.6) is 11.5 Å². The van der Waals surface area contributed by atoms with E-state index in [0.717, 1.165) is 0 Å². The smallest absolute Gasteiger partial charge is 0.254 e. The molecule has 0 unspecified atom stereocenters. The number of benzene rings is 2. The van der Waals surface area contributed by atoms with Crippen molar-refractivity contribution in [1.29, 1.82) is 0 Å². The van der Waals surface area contributed by atoms with Gasteiger partial charge < -0.3 is 14.4 Å². The van der Waals surface area contributed by atoms with E-state index >= 15 is 0 Å². The Morgan fingerprint density at radius 1 is 1.15 bits per heavy atom. The molecule has 0 bridgehead atoms. The molecule has 0 spiro atoms. The molecule has 0 saturated carbocycles. The monoisotopic (exact) mass is 355 g/mol. The van der Waals surface area contributed by atoms with E-state index in [4.69, 9.17) is 9.47 Å². The van der Waals surface area contributed by atoms with E-state index in [9.17, 15) is 9.18 Å². The molecule has 2 aromatic rings. The van der Waals surface area contributed by atoms with Gasteiger partial charge in [0.2, 0.25) is 0 Å². The molecule has 5 heteroatoms. The van der Waals surface area contributed by atoms with Crippen LogP contribution in [-0.4, -0.2) is 31.1 Å². The highest BCUT2D eigenvalue weighted by molar-refractivity contribution is 5.95. The van der Waals surface area contributed by atoms with Gasteiger partial charge in [-0.05, 0) is 24.3 Å². The van der Waals surface area contributed by atoms with Gasteiger partial charge in [-0.1, -0.05) is 36.9 Å². The van der Waals surface area contributed by atoms with E-state index in [1.165, 1.54) is 18.1 Å². The summed E-state index contributed by atoms with van der Waals surface area (Å²) >= 11 is 0. The molecule has 0 radical (unpaired) electrons. The summed E-state index contributed by atoms with van der Waals surface area (Å²) in [7, 11) is 1.51. The first-order chi connectivity index (χ1) is 12.6. The standard InChI is InChI=1S/C21H22FNO3/c1-4-12-23(15-17-8-6-7-9-18(17)22)21(24)16-10-11-19(26-13-5-2)20(14-16)25-3/h4-11,14H,1-2,12-13,15H2,3H3. The predicted molar refractivity (Wildman–Crippen MR) is 100 cm³/mol. The maximum absolute atomic E-state index is 13.9. The van der Waals surface area contributed by atoms with Crippen LogP contribution in [0.3, 0.4) is 0 Å². The third-order valence-electron chi connectivity index (χ3n) is 3.72. The molecule has 4 nitrogen and oxygen atoms in total. The van der Waals surface area contributed by atoms with Crippen molar-refractivity contribution < 1.29 is 18.7 Å². The van der Waals surface area contributed by atoms with E-state index < -0.39 is 0 Å². The van der Waals surface area contributed by atoms with Gasteiger partial charge >= 0.3 is 0 Å². The maximum atomic E-state index is 13.9. The number of rotatable bonds is 9. The van der Waals surface area contributed by atoms with Gasteiger partial charge in [0, 0.05) is 24.2 Å². The molecule has 0 fully saturated rings. The first-order valence-corrected chi connectivity index (χ1v) is 8.16. The first kappa shape index (κ1) is 19.2. The minimum Gasteiger partial charge on any atom is -0.493 e. The molecular formula is C21H22FNO3. The summed E-state index contributed by atoms with van der Waals surface area (Å²) in [6, 6.07) is 11.3. The molecule has 0 atom stereocenters. The Labute approximate surface area is 153 Å². The van der Waals surface area contributed by atoms with E-state index in [2.05, 4.69) is 13.2 Å². The number of nitrogens with zero attached hydrogens (tertiary/aromatic N) is 1. The van der Waals surface area contributed by atoms with Gasteiger partial charge in [-0.25, -0.2) is 4.39 Å². The summed E-state index contributed by atoms with van der Waals surface area (Å²) in [6.07, 6.45) is 3.23. The molecule has 0 aliphatic heterocycles. The summed E-state index contributed by atoms with van der Waals surface area (Å²) in [5, 5.41) is 0. The topological polar surface area (TPSA) is 38.8 Å². The van der Waals surface area contributed by atoms with Crippen molar-refractivity contribution >= 4 is 5.91 Å². The Kier molecular flexibility index (Phi) is 6.97. The minimum absolute atomic E-state index is 0.147. The van der Waals surface area contributed by atoms with E-state index in [1.54, 1.807) is 48.6 Å². The summed E-state index contributed by atoms with van der Waals surface area (Å²) < 4.78 is 24.7. The SMILES string of the molecule is C=CCOc1ccc(C(=O)N(CC=C)Cc2ccccc2F)cc1OC. The van der Waals surface area contributed by atoms with Crippen molar-refractivity contribution in [2.75, 3.05) is 20.3 Å². The van der Waals surface area contributed by atoms with Crippen molar-refractivity contribution in [1.82, 2.24) is 4.90 Å². The molecule has 2 rings (SSSR count). The molecule has 1 amide bonds. The van der Waals surface area contributed by atoms with Crippen LogP contribution in [-0.2, 0) is 6.54 Å². The lowest BCUT2D eigenvalue weighted by molar-refractivity contribution is 0.0761. The Morgan fingerprint density at radius 2 is 1.92 bits per heavy atom. The molecule has 136 valence electrons. The number of ether oxygens (including phenoxy) is 2. The molecule has 0 N–H and O–H groups in total. The number of hydrogen-bond donors (Lipinski definition) is 0. The second-order valence-electron chi connectivity index (χ2n) is 5.53. The lowest BCUT2D eigenvalue weighted by atomic mass is 10.1. The van der Waals surface area contributed by atoms with Crippen molar-refractivity contribution in [3.63, 3.8) is 0 Å². The number of amides is 1. The average molecular weight is 355 g/mol. The van der Waals surface area contributed by atoms with Gasteiger partial charge in [0.05, 0.1) is 7.11 Å². The van der Waals surface area contributed by atoms with Gasteiger partial charge in [0.1, 0.15) is 12.4 Å². The highest BCUT2D eigenvalue weighted by Crippen LogP contribution is 2.29. The van der Waals surface area contributed by atoms with Crippen LogP contribution in [0, 0.1) is 5.82 Å². The molecule has 26 heavy (non-hydrogen) atoms. The van der Waals surface area contributed by atoms with Gasteiger partial charge in [0.15, 0.2) is 11.5 Å². The summed E-state index contributed by atoms with van der Waals surface area (Å²) in [5.41, 5.74) is 0.867. The van der Waals surface area contributed by atoms with Crippen LogP contribution in [0.2, 0.25) is 0 Å². The summed E-state index contributed by atoms with van der Waals surface area (Å²) in [4.78, 5) is 14.4. The molecule has 0 aliphatic carbocycles. The average Bonchev–Trinajstić information content (AvgIpc) is 2.67. The van der Waals surface area contributed by atoms with Gasteiger partial charge in [0.25, 0.3) is 5.91 Å². The third kappa shape index (κ3) is 4.72. The fraction of sp³-hybridized carbons (Fsp3) is 0.190. The van der Waals surface area contributed by atoms with Crippen LogP contribution < -0.4 is 9.47 Å². The zero-order valence-corrected chi connectivity index (χ0v) is 14.8. The Morgan fingerprint density at radius 3 is 2.58 bits per heavy atom. The number of hydrogen-bond acceptors (Lipinski definition) is 3. The van der Waals surface area contributed by atoms with Crippen molar-refractivity contribution in [2.24, 2.45) is 0 Å². The second kappa shape index (κ2) is 9.42. The van der Waals surface area contributed by atoms with Crippen LogP contribution >= 0.6 is 0 Å². The molecular weight excluding hydrogens is 333 g/mol. The Balaban J connectivity index is 2.26. The first-order valence-electron chi connectivity index (χ1n) is 8.16. The van der Waals surface area contributed by atoms with Crippen LogP contribution in [0.15, 0.2) is 67.8 Å². The number of carbonyl (C=O) groups is 1. The second-order valence-corrected chi connectivity index (χ2v) is 5.53. The Bertz CT molecular complexity index is 789. The Hall–Kier alpha value is -3.08. The quantitative estimate of drug-likeness (QED) is 0.632. The number of halogens is 1. The van der Waals surface area contributed by atoms with E-state index in [0.29, 0.717) is 35.8 Å². The van der Waals surface area contributed by atoms with E-state index in [-0.39, 0.29) is 18.3 Å². The zero-order chi connectivity index (χ0) is 18.9. The van der Waals surface area contributed by atoms with Crippen molar-refractivity contribution in [2.45, 2.75) is 6.54 Å². The maximum Gasteiger partial charge on any atom is 0.254 e. The summed E-state index contributed by atoms with van der Waals surface area (Å²) in [5.74, 6) is 0.373. The molecule has 2 aromatic carbocycles. The number of methoxy groups -OCH3 is 1. The lowest BCUT2D eigenvalue weighted by Crippen LogP contribution is -2.31. The van der Waals surface area contributed by atoms with Crippen LogP contribution in [0.1, 0.15) is 15.9 Å². The van der Waals surface area contributed by atoms with Crippen molar-refractivity contribution in [3.05, 3.63) is 84.7 Å². The number of carbonyl (C=O) groups excluding carboxylic acids is 1. The molecule has 0 aliphatic rings. The molecule has 0 saturated heterocycles. The molecule has 0 heterocycles. The zero-order valence-electron chi connectivity index (χ0n) is 14.8. The highest BCUT2D eigenvalue weighted by atomic mass is 19.1. The van der Waals surface area contributed by atoms with Gasteiger partial charge in [-0.15, -0.1) is 6.58 Å². The fourth-order valence-electron chi connectivity index (χ4n) is 2.46. The minimum atomic E-state index is -0.347. The third-order valence-corrected chi connectivity index (χ3v) is 3.72. The van der Waals surface area contributed by atoms with E-state index in [1.807, 2.05) is 0 Å².